The Balaban J connectivity index is 1.48. The summed E-state index contributed by atoms with van der Waals surface area (Å²) in [6.45, 7) is 1.31. The van der Waals surface area contributed by atoms with Gasteiger partial charge in [-0.1, -0.05) is 18.2 Å². The molecule has 146 valence electrons. The quantitative estimate of drug-likeness (QED) is 0.553. The number of hydrogen-bond donors (Lipinski definition) is 2. The van der Waals surface area contributed by atoms with E-state index < -0.39 is 0 Å². The molecule has 0 saturated heterocycles. The average Bonchev–Trinajstić information content (AvgIpc) is 2.73. The molecule has 0 aliphatic heterocycles. The van der Waals surface area contributed by atoms with Gasteiger partial charge in [-0.2, -0.15) is 10.2 Å². The number of carbonyl (C=O) groups is 2. The molecule has 0 bridgehead atoms. The summed E-state index contributed by atoms with van der Waals surface area (Å²) < 4.78 is 5.45. The Morgan fingerprint density at radius 2 is 1.31 bits per heavy atom. The first-order chi connectivity index (χ1) is 14.1. The summed E-state index contributed by atoms with van der Waals surface area (Å²) in [5, 5.41) is 13.7. The third kappa shape index (κ3) is 6.59. The molecular formula is C22H20N4O3. The van der Waals surface area contributed by atoms with Crippen LogP contribution in [0.5, 0.6) is 5.75 Å². The third-order valence-electron chi connectivity index (χ3n) is 3.73. The van der Waals surface area contributed by atoms with Crippen molar-refractivity contribution in [1.82, 2.24) is 0 Å². The maximum Gasteiger partial charge on any atom is 0.262 e. The van der Waals surface area contributed by atoms with E-state index in [0.29, 0.717) is 22.8 Å². The number of anilines is 2. The van der Waals surface area contributed by atoms with Crippen LogP contribution in [-0.4, -0.2) is 18.4 Å². The molecule has 3 aromatic rings. The van der Waals surface area contributed by atoms with Crippen molar-refractivity contribution in [2.24, 2.45) is 10.2 Å². The SMILES string of the molecule is CC(=O)Nc1ccc(OCC(=O)Nc2ccc(N=Nc3ccccc3)cc2)cc1. The van der Waals surface area contributed by atoms with Gasteiger partial charge in [-0.25, -0.2) is 0 Å². The molecule has 0 saturated carbocycles. The Hall–Kier alpha value is -4.00. The molecule has 7 heteroatoms. The molecular weight excluding hydrogens is 368 g/mol. The van der Waals surface area contributed by atoms with Crippen molar-refractivity contribution in [2.75, 3.05) is 17.2 Å². The number of rotatable bonds is 7. The molecule has 29 heavy (non-hydrogen) atoms. The normalized spacial score (nSPS) is 10.5. The van der Waals surface area contributed by atoms with Gasteiger partial charge >= 0.3 is 0 Å². The highest BCUT2D eigenvalue weighted by atomic mass is 16.5. The fraction of sp³-hybridized carbons (Fsp3) is 0.0909. The Bertz CT molecular complexity index is 985. The zero-order chi connectivity index (χ0) is 20.5. The summed E-state index contributed by atoms with van der Waals surface area (Å²) in [4.78, 5) is 23.1. The first-order valence-corrected chi connectivity index (χ1v) is 8.96. The van der Waals surface area contributed by atoms with Crippen LogP contribution < -0.4 is 15.4 Å². The second-order valence-corrected chi connectivity index (χ2v) is 6.12. The summed E-state index contributed by atoms with van der Waals surface area (Å²) in [6.07, 6.45) is 0. The lowest BCUT2D eigenvalue weighted by atomic mass is 10.3. The third-order valence-corrected chi connectivity index (χ3v) is 3.73. The molecule has 0 fully saturated rings. The fourth-order valence-corrected chi connectivity index (χ4v) is 2.41. The van der Waals surface area contributed by atoms with E-state index in [1.165, 1.54) is 6.92 Å². The largest absolute Gasteiger partial charge is 0.484 e. The molecule has 0 atom stereocenters. The number of benzene rings is 3. The molecule has 0 radical (unpaired) electrons. The summed E-state index contributed by atoms with van der Waals surface area (Å²) in [5.41, 5.74) is 2.76. The number of carbonyl (C=O) groups excluding carboxylic acids is 2. The van der Waals surface area contributed by atoms with E-state index >= 15 is 0 Å². The van der Waals surface area contributed by atoms with Gasteiger partial charge in [-0.3, -0.25) is 9.59 Å². The molecule has 3 rings (SSSR count). The first kappa shape index (κ1) is 19.8. The molecule has 2 amide bonds. The van der Waals surface area contributed by atoms with Crippen LogP contribution in [0.1, 0.15) is 6.92 Å². The first-order valence-electron chi connectivity index (χ1n) is 8.96. The predicted molar refractivity (Wildman–Crippen MR) is 112 cm³/mol. The van der Waals surface area contributed by atoms with E-state index in [1.807, 2.05) is 30.3 Å². The van der Waals surface area contributed by atoms with E-state index in [-0.39, 0.29) is 18.4 Å². The van der Waals surface area contributed by atoms with E-state index in [1.54, 1.807) is 48.5 Å². The zero-order valence-electron chi connectivity index (χ0n) is 15.8. The van der Waals surface area contributed by atoms with Crippen molar-refractivity contribution in [3.05, 3.63) is 78.9 Å². The standard InChI is InChI=1S/C22H20N4O3/c1-16(27)23-17-11-13-21(14-12-17)29-15-22(28)24-18-7-9-20(10-8-18)26-25-19-5-3-2-4-6-19/h2-14H,15H2,1H3,(H,23,27)(H,24,28). The summed E-state index contributed by atoms with van der Waals surface area (Å²) in [7, 11) is 0. The molecule has 7 nitrogen and oxygen atoms in total. The van der Waals surface area contributed by atoms with Crippen molar-refractivity contribution in [1.29, 1.82) is 0 Å². The molecule has 0 aromatic heterocycles. The van der Waals surface area contributed by atoms with Crippen molar-refractivity contribution >= 4 is 34.6 Å². The summed E-state index contributed by atoms with van der Waals surface area (Å²) in [6, 6.07) is 23.3. The monoisotopic (exact) mass is 388 g/mol. The molecule has 0 aliphatic rings. The highest BCUT2D eigenvalue weighted by Gasteiger charge is 2.04. The molecule has 0 heterocycles. The van der Waals surface area contributed by atoms with Gasteiger partial charge in [0.1, 0.15) is 5.75 Å². The predicted octanol–water partition coefficient (Wildman–Crippen LogP) is 5.08. The van der Waals surface area contributed by atoms with Gasteiger partial charge in [0.15, 0.2) is 6.61 Å². The molecule has 0 unspecified atom stereocenters. The van der Waals surface area contributed by atoms with Gasteiger partial charge in [0, 0.05) is 18.3 Å². The second kappa shape index (κ2) is 9.80. The molecule has 0 aliphatic carbocycles. The summed E-state index contributed by atoms with van der Waals surface area (Å²) in [5.74, 6) is 0.103. The lowest BCUT2D eigenvalue weighted by molar-refractivity contribution is -0.118. The number of nitrogens with zero attached hydrogens (tertiary/aromatic N) is 2. The van der Waals surface area contributed by atoms with Gasteiger partial charge in [0.2, 0.25) is 5.91 Å². The van der Waals surface area contributed by atoms with Crippen molar-refractivity contribution in [3.8, 4) is 5.75 Å². The van der Waals surface area contributed by atoms with Crippen LogP contribution in [0.3, 0.4) is 0 Å². The number of ether oxygens (including phenoxy) is 1. The average molecular weight is 388 g/mol. The van der Waals surface area contributed by atoms with E-state index in [2.05, 4.69) is 20.9 Å². The van der Waals surface area contributed by atoms with Crippen LogP contribution >= 0.6 is 0 Å². The van der Waals surface area contributed by atoms with Crippen LogP contribution in [0.4, 0.5) is 22.7 Å². The number of azo groups is 1. The highest BCUT2D eigenvalue weighted by Crippen LogP contribution is 2.20. The second-order valence-electron chi connectivity index (χ2n) is 6.12. The Labute approximate surface area is 168 Å². The van der Waals surface area contributed by atoms with Gasteiger partial charge in [0.25, 0.3) is 5.91 Å². The van der Waals surface area contributed by atoms with Gasteiger partial charge in [-0.15, -0.1) is 0 Å². The lowest BCUT2D eigenvalue weighted by Crippen LogP contribution is -2.20. The Morgan fingerprint density at radius 1 is 0.759 bits per heavy atom. The maximum atomic E-state index is 12.1. The highest BCUT2D eigenvalue weighted by molar-refractivity contribution is 5.92. The van der Waals surface area contributed by atoms with Crippen LogP contribution in [0.2, 0.25) is 0 Å². The smallest absolute Gasteiger partial charge is 0.262 e. The molecule has 3 aromatic carbocycles. The number of hydrogen-bond acceptors (Lipinski definition) is 5. The maximum absolute atomic E-state index is 12.1. The molecule has 2 N–H and O–H groups in total. The van der Waals surface area contributed by atoms with Crippen molar-refractivity contribution < 1.29 is 14.3 Å². The number of amides is 2. The van der Waals surface area contributed by atoms with Gasteiger partial charge in [0.05, 0.1) is 11.4 Å². The Morgan fingerprint density at radius 3 is 1.93 bits per heavy atom. The van der Waals surface area contributed by atoms with Gasteiger partial charge < -0.3 is 15.4 Å². The van der Waals surface area contributed by atoms with Crippen LogP contribution in [-0.2, 0) is 9.59 Å². The van der Waals surface area contributed by atoms with E-state index in [0.717, 1.165) is 5.69 Å². The van der Waals surface area contributed by atoms with Crippen molar-refractivity contribution in [2.45, 2.75) is 6.92 Å². The minimum Gasteiger partial charge on any atom is -0.484 e. The minimum atomic E-state index is -0.283. The summed E-state index contributed by atoms with van der Waals surface area (Å²) >= 11 is 0. The topological polar surface area (TPSA) is 92.1 Å². The van der Waals surface area contributed by atoms with Crippen LogP contribution in [0.25, 0.3) is 0 Å². The van der Waals surface area contributed by atoms with Crippen molar-refractivity contribution in [3.63, 3.8) is 0 Å². The van der Waals surface area contributed by atoms with Gasteiger partial charge in [-0.05, 0) is 60.7 Å². The van der Waals surface area contributed by atoms with E-state index in [4.69, 9.17) is 4.74 Å². The van der Waals surface area contributed by atoms with Crippen LogP contribution in [0, 0.1) is 0 Å². The molecule has 0 spiro atoms. The fourth-order valence-electron chi connectivity index (χ4n) is 2.41. The Kier molecular flexibility index (Phi) is 6.67. The number of nitrogens with one attached hydrogen (secondary N) is 2. The zero-order valence-corrected chi connectivity index (χ0v) is 15.8. The van der Waals surface area contributed by atoms with Crippen LogP contribution in [0.15, 0.2) is 89.1 Å². The lowest BCUT2D eigenvalue weighted by Gasteiger charge is -2.08. The van der Waals surface area contributed by atoms with E-state index in [9.17, 15) is 9.59 Å². The minimum absolute atomic E-state index is 0.130.